The van der Waals surface area contributed by atoms with E-state index in [4.69, 9.17) is 4.74 Å². The number of benzene rings is 1. The Morgan fingerprint density at radius 2 is 2.00 bits per heavy atom. The predicted octanol–water partition coefficient (Wildman–Crippen LogP) is 3.73. The molecule has 1 aromatic carbocycles. The molecule has 1 N–H and O–H groups in total. The topological polar surface area (TPSA) is 55.4 Å². The maximum Gasteiger partial charge on any atom is 0.221 e. The first-order valence-corrected chi connectivity index (χ1v) is 7.45. The number of para-hydroxylation sites is 2. The number of anilines is 1. The maximum absolute atomic E-state index is 11.9. The van der Waals surface area contributed by atoms with Crippen molar-refractivity contribution in [2.24, 2.45) is 0 Å². The lowest BCUT2D eigenvalue weighted by Crippen LogP contribution is -2.12. The third-order valence-corrected chi connectivity index (χ3v) is 4.07. The van der Waals surface area contributed by atoms with Crippen LogP contribution in [-0.4, -0.2) is 18.3 Å². The molecule has 0 saturated heterocycles. The van der Waals surface area contributed by atoms with E-state index >= 15 is 0 Å². The summed E-state index contributed by atoms with van der Waals surface area (Å²) in [4.78, 5) is 23.7. The normalized spacial score (nSPS) is 10.1. The van der Waals surface area contributed by atoms with Crippen molar-refractivity contribution in [3.63, 3.8) is 0 Å². The van der Waals surface area contributed by atoms with Crippen LogP contribution in [0.4, 0.5) is 5.69 Å². The minimum atomic E-state index is -0.186. The van der Waals surface area contributed by atoms with Crippen LogP contribution in [0.25, 0.3) is 0 Å². The molecule has 20 heavy (non-hydrogen) atoms. The molecule has 0 fully saturated rings. The van der Waals surface area contributed by atoms with Gasteiger partial charge in [0.1, 0.15) is 5.75 Å². The lowest BCUT2D eigenvalue weighted by Gasteiger charge is -2.10. The lowest BCUT2D eigenvalue weighted by molar-refractivity contribution is -0.114. The number of hydrogen-bond donors (Lipinski definition) is 1. The summed E-state index contributed by atoms with van der Waals surface area (Å²) in [6.07, 6.45) is 0. The van der Waals surface area contributed by atoms with E-state index < -0.39 is 0 Å². The predicted molar refractivity (Wildman–Crippen MR) is 82.6 cm³/mol. The highest BCUT2D eigenvalue weighted by molar-refractivity contribution is 9.11. The van der Waals surface area contributed by atoms with Gasteiger partial charge in [0.05, 0.1) is 14.4 Å². The number of ether oxygens (including phenoxy) is 1. The van der Waals surface area contributed by atoms with Crippen LogP contribution in [0.1, 0.15) is 16.6 Å². The second kappa shape index (κ2) is 6.67. The van der Waals surface area contributed by atoms with Gasteiger partial charge < -0.3 is 10.1 Å². The Labute approximate surface area is 128 Å². The Hall–Kier alpha value is -1.66. The van der Waals surface area contributed by atoms with Gasteiger partial charge in [-0.1, -0.05) is 12.1 Å². The van der Waals surface area contributed by atoms with E-state index in [0.29, 0.717) is 16.3 Å². The molecule has 1 amide bonds. The van der Waals surface area contributed by atoms with E-state index in [9.17, 15) is 9.59 Å². The van der Waals surface area contributed by atoms with E-state index in [0.717, 1.165) is 3.79 Å². The summed E-state index contributed by atoms with van der Waals surface area (Å²) >= 11 is 4.68. The van der Waals surface area contributed by atoms with Crippen LogP contribution in [-0.2, 0) is 4.79 Å². The number of thiophene rings is 1. The monoisotopic (exact) mass is 353 g/mol. The first kappa shape index (κ1) is 14.7. The summed E-state index contributed by atoms with van der Waals surface area (Å²) in [5.41, 5.74) is 0.556. The fourth-order valence-electron chi connectivity index (χ4n) is 1.56. The van der Waals surface area contributed by atoms with Crippen molar-refractivity contribution in [1.82, 2.24) is 0 Å². The molecule has 4 nitrogen and oxygen atoms in total. The number of carbonyl (C=O) groups is 2. The van der Waals surface area contributed by atoms with Gasteiger partial charge in [-0.3, -0.25) is 9.59 Å². The second-order valence-corrected chi connectivity index (χ2v) is 6.46. The largest absolute Gasteiger partial charge is 0.483 e. The molecular weight excluding hydrogens is 342 g/mol. The van der Waals surface area contributed by atoms with E-state index in [2.05, 4.69) is 21.2 Å². The fraction of sp³-hybridized carbons (Fsp3) is 0.143. The molecule has 6 heteroatoms. The van der Waals surface area contributed by atoms with Crippen LogP contribution in [0.3, 0.4) is 0 Å². The lowest BCUT2D eigenvalue weighted by atomic mass is 10.3. The smallest absolute Gasteiger partial charge is 0.221 e. The zero-order valence-electron chi connectivity index (χ0n) is 10.7. The Morgan fingerprint density at radius 1 is 1.25 bits per heavy atom. The van der Waals surface area contributed by atoms with Crippen LogP contribution in [0.5, 0.6) is 5.75 Å². The molecule has 2 rings (SSSR count). The van der Waals surface area contributed by atoms with Crippen molar-refractivity contribution in [1.29, 1.82) is 0 Å². The molecule has 0 spiro atoms. The average Bonchev–Trinajstić information content (AvgIpc) is 2.83. The molecule has 2 aromatic rings. The third-order valence-electron chi connectivity index (χ3n) is 2.40. The minimum absolute atomic E-state index is 0.0659. The summed E-state index contributed by atoms with van der Waals surface area (Å²) < 4.78 is 6.39. The zero-order chi connectivity index (χ0) is 14.5. The van der Waals surface area contributed by atoms with E-state index in [1.165, 1.54) is 18.3 Å². The van der Waals surface area contributed by atoms with Gasteiger partial charge in [0, 0.05) is 6.92 Å². The number of Topliss-reactive ketones (excluding diaryl/α,β-unsaturated/α-hetero) is 1. The molecule has 104 valence electrons. The molecule has 0 unspecified atom stereocenters. The highest BCUT2D eigenvalue weighted by Gasteiger charge is 2.11. The van der Waals surface area contributed by atoms with Gasteiger partial charge in [-0.25, -0.2) is 0 Å². The summed E-state index contributed by atoms with van der Waals surface area (Å²) in [5, 5.41) is 2.66. The second-order valence-electron chi connectivity index (χ2n) is 3.99. The van der Waals surface area contributed by atoms with Gasteiger partial charge >= 0.3 is 0 Å². The van der Waals surface area contributed by atoms with Crippen LogP contribution >= 0.6 is 27.3 Å². The van der Waals surface area contributed by atoms with Crippen molar-refractivity contribution in [2.75, 3.05) is 11.9 Å². The first-order chi connectivity index (χ1) is 9.56. The van der Waals surface area contributed by atoms with E-state index in [1.807, 2.05) is 6.07 Å². The third kappa shape index (κ3) is 3.91. The van der Waals surface area contributed by atoms with Crippen LogP contribution in [0.2, 0.25) is 0 Å². The average molecular weight is 354 g/mol. The Morgan fingerprint density at radius 3 is 2.65 bits per heavy atom. The molecule has 0 aliphatic rings. The van der Waals surface area contributed by atoms with Gasteiger partial charge in [0.25, 0.3) is 0 Å². The van der Waals surface area contributed by atoms with Crippen molar-refractivity contribution in [3.05, 3.63) is 45.1 Å². The highest BCUT2D eigenvalue weighted by atomic mass is 79.9. The standard InChI is InChI=1S/C14H12BrNO3S/c1-9(17)16-10-4-2-3-5-12(10)19-8-11(18)13-6-7-14(15)20-13/h2-7H,8H2,1H3,(H,16,17). The fourth-order valence-corrected chi connectivity index (χ4v) is 2.87. The van der Waals surface area contributed by atoms with Gasteiger partial charge in [-0.05, 0) is 40.2 Å². The summed E-state index contributed by atoms with van der Waals surface area (Å²) in [6.45, 7) is 1.36. The SMILES string of the molecule is CC(=O)Nc1ccccc1OCC(=O)c1ccc(Br)s1. The quantitative estimate of drug-likeness (QED) is 0.833. The number of halogens is 1. The molecule has 0 atom stereocenters. The Bertz CT molecular complexity index is 639. The maximum atomic E-state index is 11.9. The van der Waals surface area contributed by atoms with Crippen LogP contribution in [0, 0.1) is 0 Å². The van der Waals surface area contributed by atoms with Gasteiger partial charge in [0.2, 0.25) is 11.7 Å². The van der Waals surface area contributed by atoms with Crippen molar-refractivity contribution < 1.29 is 14.3 Å². The van der Waals surface area contributed by atoms with Gasteiger partial charge in [-0.2, -0.15) is 0 Å². The Balaban J connectivity index is 2.03. The van der Waals surface area contributed by atoms with Crippen molar-refractivity contribution >= 4 is 44.6 Å². The van der Waals surface area contributed by atoms with E-state index in [1.54, 1.807) is 30.3 Å². The van der Waals surface area contributed by atoms with Crippen LogP contribution in [0.15, 0.2) is 40.2 Å². The van der Waals surface area contributed by atoms with Crippen LogP contribution < -0.4 is 10.1 Å². The summed E-state index contributed by atoms with van der Waals surface area (Å²) in [7, 11) is 0. The molecule has 0 aliphatic heterocycles. The number of rotatable bonds is 5. The molecule has 0 bridgehead atoms. The van der Waals surface area contributed by atoms with Gasteiger partial charge in [-0.15, -0.1) is 11.3 Å². The van der Waals surface area contributed by atoms with Gasteiger partial charge in [0.15, 0.2) is 6.61 Å². The van der Waals surface area contributed by atoms with Crippen molar-refractivity contribution in [3.8, 4) is 5.75 Å². The number of carbonyl (C=O) groups excluding carboxylic acids is 2. The Kier molecular flexibility index (Phi) is 4.92. The minimum Gasteiger partial charge on any atom is -0.483 e. The molecular formula is C14H12BrNO3S. The summed E-state index contributed by atoms with van der Waals surface area (Å²) in [6, 6.07) is 10.6. The highest BCUT2D eigenvalue weighted by Crippen LogP contribution is 2.25. The first-order valence-electron chi connectivity index (χ1n) is 5.84. The number of amides is 1. The molecule has 1 heterocycles. The summed E-state index contributed by atoms with van der Waals surface area (Å²) in [5.74, 6) is 0.194. The zero-order valence-corrected chi connectivity index (χ0v) is 13.1. The molecule has 1 aromatic heterocycles. The molecule has 0 aliphatic carbocycles. The number of nitrogens with one attached hydrogen (secondary N) is 1. The molecule has 0 radical (unpaired) electrons. The molecule has 0 saturated carbocycles. The van der Waals surface area contributed by atoms with Crippen molar-refractivity contribution in [2.45, 2.75) is 6.92 Å². The number of hydrogen-bond acceptors (Lipinski definition) is 4. The number of ketones is 1. The van der Waals surface area contributed by atoms with E-state index in [-0.39, 0.29) is 18.3 Å².